The summed E-state index contributed by atoms with van der Waals surface area (Å²) in [6.45, 7) is 1.69. The molecular formula is C8H8N4O2. The fourth-order valence-corrected chi connectivity index (χ4v) is 1.42. The van der Waals surface area contributed by atoms with Crippen molar-refractivity contribution in [1.82, 2.24) is 15.0 Å². The van der Waals surface area contributed by atoms with Gasteiger partial charge in [0, 0.05) is 12.6 Å². The maximum atomic E-state index is 10.8. The van der Waals surface area contributed by atoms with Gasteiger partial charge >= 0.3 is 5.69 Å². The Labute approximate surface area is 79.3 Å². The van der Waals surface area contributed by atoms with Gasteiger partial charge in [-0.05, 0) is 13.0 Å². The molecule has 0 aliphatic rings. The van der Waals surface area contributed by atoms with Gasteiger partial charge in [0.2, 0.25) is 0 Å². The first-order valence-electron chi connectivity index (χ1n) is 4.04. The minimum atomic E-state index is -0.424. The zero-order chi connectivity index (χ0) is 10.3. The number of hydrogen-bond acceptors (Lipinski definition) is 4. The van der Waals surface area contributed by atoms with Gasteiger partial charge in [0.15, 0.2) is 5.52 Å². The molecule has 1 heterocycles. The van der Waals surface area contributed by atoms with Gasteiger partial charge in [-0.2, -0.15) is 0 Å². The van der Waals surface area contributed by atoms with Crippen molar-refractivity contribution in [3.05, 3.63) is 27.8 Å². The second-order valence-electron chi connectivity index (χ2n) is 3.07. The van der Waals surface area contributed by atoms with E-state index < -0.39 is 4.92 Å². The second-order valence-corrected chi connectivity index (χ2v) is 3.07. The molecule has 0 unspecified atom stereocenters. The molecule has 2 aromatic rings. The van der Waals surface area contributed by atoms with Crippen LogP contribution in [0.3, 0.4) is 0 Å². The number of benzene rings is 1. The van der Waals surface area contributed by atoms with Gasteiger partial charge in [0.25, 0.3) is 0 Å². The van der Waals surface area contributed by atoms with Crippen LogP contribution in [0.25, 0.3) is 11.0 Å². The Hall–Kier alpha value is -1.98. The largest absolute Gasteiger partial charge is 0.301 e. The van der Waals surface area contributed by atoms with E-state index in [0.29, 0.717) is 16.6 Å². The average molecular weight is 192 g/mol. The molecular weight excluding hydrogens is 184 g/mol. The van der Waals surface area contributed by atoms with E-state index in [9.17, 15) is 10.1 Å². The number of hydrogen-bond donors (Lipinski definition) is 0. The molecule has 0 aliphatic heterocycles. The van der Waals surface area contributed by atoms with Crippen LogP contribution < -0.4 is 0 Å². The first kappa shape index (κ1) is 8.61. The van der Waals surface area contributed by atoms with Gasteiger partial charge in [-0.1, -0.05) is 11.3 Å². The maximum absolute atomic E-state index is 10.8. The quantitative estimate of drug-likeness (QED) is 0.502. The summed E-state index contributed by atoms with van der Waals surface area (Å²) in [6, 6.07) is 3.47. The van der Waals surface area contributed by atoms with E-state index in [1.54, 1.807) is 26.1 Å². The Morgan fingerprint density at radius 1 is 1.50 bits per heavy atom. The molecule has 0 N–H and O–H groups in total. The van der Waals surface area contributed by atoms with E-state index >= 15 is 0 Å². The Balaban J connectivity index is 2.90. The molecule has 0 aliphatic carbocycles. The lowest BCUT2D eigenvalue weighted by Gasteiger charge is -1.96. The predicted octanol–water partition coefficient (Wildman–Crippen LogP) is 1.18. The maximum Gasteiger partial charge on any atom is 0.301 e. The van der Waals surface area contributed by atoms with Gasteiger partial charge in [-0.15, -0.1) is 5.10 Å². The third-order valence-electron chi connectivity index (χ3n) is 2.14. The molecule has 0 saturated carbocycles. The zero-order valence-electron chi connectivity index (χ0n) is 7.76. The standard InChI is InChI=1S/C8H8N4O2/c1-5-3-4-6-7(8(5)12(13)14)9-10-11(6)2/h3-4H,1-2H3. The number of nitrogens with zero attached hydrogens (tertiary/aromatic N) is 4. The number of nitro groups is 1. The number of aromatic nitrogens is 3. The van der Waals surface area contributed by atoms with E-state index in [-0.39, 0.29) is 5.69 Å². The smallest absolute Gasteiger partial charge is 0.258 e. The Kier molecular flexibility index (Phi) is 1.70. The average Bonchev–Trinajstić information content (AvgIpc) is 2.47. The van der Waals surface area contributed by atoms with Gasteiger partial charge in [-0.3, -0.25) is 10.1 Å². The lowest BCUT2D eigenvalue weighted by Crippen LogP contribution is -1.93. The molecule has 0 bridgehead atoms. The molecule has 0 spiro atoms. The summed E-state index contributed by atoms with van der Waals surface area (Å²) >= 11 is 0. The first-order valence-corrected chi connectivity index (χ1v) is 4.04. The van der Waals surface area contributed by atoms with Crippen molar-refractivity contribution >= 4 is 16.7 Å². The van der Waals surface area contributed by atoms with Crippen molar-refractivity contribution < 1.29 is 4.92 Å². The van der Waals surface area contributed by atoms with Gasteiger partial charge < -0.3 is 0 Å². The summed E-state index contributed by atoms with van der Waals surface area (Å²) in [4.78, 5) is 10.3. The highest BCUT2D eigenvalue weighted by Gasteiger charge is 2.19. The Morgan fingerprint density at radius 2 is 2.21 bits per heavy atom. The fourth-order valence-electron chi connectivity index (χ4n) is 1.42. The minimum Gasteiger partial charge on any atom is -0.258 e. The lowest BCUT2D eigenvalue weighted by atomic mass is 10.2. The normalized spacial score (nSPS) is 10.7. The van der Waals surface area contributed by atoms with E-state index in [4.69, 9.17) is 0 Å². The van der Waals surface area contributed by atoms with Crippen LogP contribution in [0.1, 0.15) is 5.56 Å². The summed E-state index contributed by atoms with van der Waals surface area (Å²) in [5, 5.41) is 18.3. The van der Waals surface area contributed by atoms with Crippen LogP contribution in [0.4, 0.5) is 5.69 Å². The predicted molar refractivity (Wildman–Crippen MR) is 49.9 cm³/mol. The molecule has 6 heteroatoms. The summed E-state index contributed by atoms with van der Waals surface area (Å²) in [6.07, 6.45) is 0. The molecule has 0 atom stereocenters. The summed E-state index contributed by atoms with van der Waals surface area (Å²) in [5.74, 6) is 0. The Bertz CT molecular complexity index is 517. The number of rotatable bonds is 1. The Morgan fingerprint density at radius 3 is 2.86 bits per heavy atom. The van der Waals surface area contributed by atoms with E-state index in [1.165, 1.54) is 4.68 Å². The number of aryl methyl sites for hydroxylation is 2. The third-order valence-corrected chi connectivity index (χ3v) is 2.14. The third kappa shape index (κ3) is 1.04. The molecule has 1 aromatic heterocycles. The van der Waals surface area contributed by atoms with Gasteiger partial charge in [-0.25, -0.2) is 4.68 Å². The fraction of sp³-hybridized carbons (Fsp3) is 0.250. The number of nitro benzene ring substituents is 1. The molecule has 0 radical (unpaired) electrons. The topological polar surface area (TPSA) is 73.8 Å². The van der Waals surface area contributed by atoms with Crippen LogP contribution in [0, 0.1) is 17.0 Å². The van der Waals surface area contributed by atoms with Gasteiger partial charge in [0.1, 0.15) is 0 Å². The van der Waals surface area contributed by atoms with Crippen molar-refractivity contribution in [2.45, 2.75) is 6.92 Å². The monoisotopic (exact) mass is 192 g/mol. The molecule has 0 fully saturated rings. The molecule has 0 amide bonds. The molecule has 6 nitrogen and oxygen atoms in total. The highest BCUT2D eigenvalue weighted by molar-refractivity contribution is 5.85. The summed E-state index contributed by atoms with van der Waals surface area (Å²) in [7, 11) is 1.70. The van der Waals surface area contributed by atoms with Crippen molar-refractivity contribution in [2.24, 2.45) is 7.05 Å². The summed E-state index contributed by atoms with van der Waals surface area (Å²) in [5.41, 5.74) is 1.65. The van der Waals surface area contributed by atoms with Crippen LogP contribution in [0.15, 0.2) is 12.1 Å². The van der Waals surface area contributed by atoms with Gasteiger partial charge in [0.05, 0.1) is 10.4 Å². The van der Waals surface area contributed by atoms with Crippen LogP contribution in [0.2, 0.25) is 0 Å². The second kappa shape index (κ2) is 2.76. The highest BCUT2D eigenvalue weighted by atomic mass is 16.6. The lowest BCUT2D eigenvalue weighted by molar-refractivity contribution is -0.383. The van der Waals surface area contributed by atoms with E-state index in [0.717, 1.165) is 0 Å². The van der Waals surface area contributed by atoms with Crippen molar-refractivity contribution in [2.75, 3.05) is 0 Å². The zero-order valence-corrected chi connectivity index (χ0v) is 7.76. The van der Waals surface area contributed by atoms with Crippen LogP contribution in [-0.2, 0) is 7.05 Å². The minimum absolute atomic E-state index is 0.0376. The van der Waals surface area contributed by atoms with Crippen LogP contribution in [0.5, 0.6) is 0 Å². The first-order chi connectivity index (χ1) is 6.61. The van der Waals surface area contributed by atoms with E-state index in [1.807, 2.05) is 0 Å². The van der Waals surface area contributed by atoms with Crippen LogP contribution >= 0.6 is 0 Å². The van der Waals surface area contributed by atoms with Crippen molar-refractivity contribution in [1.29, 1.82) is 0 Å². The molecule has 0 saturated heterocycles. The van der Waals surface area contributed by atoms with E-state index in [2.05, 4.69) is 10.3 Å². The van der Waals surface area contributed by atoms with Crippen molar-refractivity contribution in [3.63, 3.8) is 0 Å². The molecule has 72 valence electrons. The summed E-state index contributed by atoms with van der Waals surface area (Å²) < 4.78 is 1.52. The van der Waals surface area contributed by atoms with Crippen molar-refractivity contribution in [3.8, 4) is 0 Å². The SMILES string of the molecule is Cc1ccc2c(nnn2C)c1[N+](=O)[O-]. The molecule has 14 heavy (non-hydrogen) atoms. The number of fused-ring (bicyclic) bond motifs is 1. The highest BCUT2D eigenvalue weighted by Crippen LogP contribution is 2.26. The molecule has 1 aromatic carbocycles. The molecule has 2 rings (SSSR count). The van der Waals surface area contributed by atoms with Crippen LogP contribution in [-0.4, -0.2) is 19.9 Å².